The quantitative estimate of drug-likeness (QED) is 0.180. The molecule has 0 unspecified atom stereocenters. The van der Waals surface area contributed by atoms with Crippen molar-refractivity contribution in [1.29, 1.82) is 0 Å². The van der Waals surface area contributed by atoms with Gasteiger partial charge < -0.3 is 0 Å². The van der Waals surface area contributed by atoms with Gasteiger partial charge in [0, 0.05) is 32.9 Å². The van der Waals surface area contributed by atoms with E-state index in [2.05, 4.69) is 200 Å². The second-order valence-corrected chi connectivity index (χ2v) is 16.1. The molecule has 0 saturated heterocycles. The molecule has 1 aliphatic carbocycles. The van der Waals surface area contributed by atoms with Crippen molar-refractivity contribution in [2.45, 2.75) is 19.3 Å². The Morgan fingerprint density at radius 3 is 1.59 bits per heavy atom. The van der Waals surface area contributed by atoms with Gasteiger partial charge in [-0.15, -0.1) is 0 Å². The fraction of sp³-hybridized carbons (Fsp3) is 0.0556. The molecule has 0 saturated carbocycles. The van der Waals surface area contributed by atoms with Gasteiger partial charge in [-0.2, -0.15) is 9.97 Å². The van der Waals surface area contributed by atoms with Gasteiger partial charge in [0.05, 0.1) is 11.0 Å². The minimum absolute atomic E-state index is 0.127. The Balaban J connectivity index is 1.20. The van der Waals surface area contributed by atoms with Crippen molar-refractivity contribution in [3.63, 3.8) is 0 Å². The van der Waals surface area contributed by atoms with E-state index in [1.165, 1.54) is 44.0 Å². The molecule has 0 radical (unpaired) electrons. The fourth-order valence-electron chi connectivity index (χ4n) is 9.54. The van der Waals surface area contributed by atoms with Crippen LogP contribution in [-0.4, -0.2) is 19.5 Å². The molecule has 4 nitrogen and oxygen atoms in total. The molecular weight excluding hydrogens is 705 g/mol. The van der Waals surface area contributed by atoms with E-state index in [9.17, 15) is 0 Å². The van der Waals surface area contributed by atoms with Crippen molar-refractivity contribution in [2.24, 2.45) is 0 Å². The highest BCUT2D eigenvalue weighted by atomic mass is 15.2. The van der Waals surface area contributed by atoms with Gasteiger partial charge in [0.15, 0.2) is 11.6 Å². The third kappa shape index (κ3) is 4.85. The molecule has 272 valence electrons. The van der Waals surface area contributed by atoms with E-state index < -0.39 is 0 Å². The van der Waals surface area contributed by atoms with Gasteiger partial charge >= 0.3 is 0 Å². The zero-order chi connectivity index (χ0) is 38.5. The van der Waals surface area contributed by atoms with Gasteiger partial charge in [-0.1, -0.05) is 172 Å². The second kappa shape index (κ2) is 12.3. The lowest BCUT2D eigenvalue weighted by Gasteiger charge is -2.21. The van der Waals surface area contributed by atoms with Crippen LogP contribution in [-0.2, 0) is 5.41 Å². The van der Waals surface area contributed by atoms with Crippen LogP contribution in [0.3, 0.4) is 0 Å². The zero-order valence-electron chi connectivity index (χ0n) is 32.1. The normalized spacial score (nSPS) is 13.1. The minimum atomic E-state index is -0.127. The molecule has 0 amide bonds. The van der Waals surface area contributed by atoms with Gasteiger partial charge in [-0.05, 0) is 84.4 Å². The Hall–Kier alpha value is -7.43. The number of nitrogens with zero attached hydrogens (tertiary/aromatic N) is 4. The highest BCUT2D eigenvalue weighted by molar-refractivity contribution is 6.17. The zero-order valence-corrected chi connectivity index (χ0v) is 32.1. The Kier molecular flexibility index (Phi) is 6.94. The summed E-state index contributed by atoms with van der Waals surface area (Å²) in [5, 5.41) is 9.30. The first-order valence-electron chi connectivity index (χ1n) is 19.9. The summed E-state index contributed by atoms with van der Waals surface area (Å²) in [5.41, 5.74) is 11.5. The van der Waals surface area contributed by atoms with Crippen LogP contribution >= 0.6 is 0 Å². The van der Waals surface area contributed by atoms with Crippen molar-refractivity contribution < 1.29 is 0 Å². The molecule has 0 spiro atoms. The monoisotopic (exact) mass is 740 g/mol. The highest BCUT2D eigenvalue weighted by Gasteiger charge is 2.37. The predicted molar refractivity (Wildman–Crippen MR) is 241 cm³/mol. The minimum Gasteiger partial charge on any atom is -0.277 e. The van der Waals surface area contributed by atoms with E-state index in [-0.39, 0.29) is 5.41 Å². The average molecular weight is 741 g/mol. The van der Waals surface area contributed by atoms with Crippen molar-refractivity contribution >= 4 is 54.1 Å². The lowest BCUT2D eigenvalue weighted by atomic mass is 9.82. The largest absolute Gasteiger partial charge is 0.277 e. The topological polar surface area (TPSA) is 43.6 Å². The van der Waals surface area contributed by atoms with E-state index >= 15 is 0 Å². The summed E-state index contributed by atoms with van der Waals surface area (Å²) < 4.78 is 2.30. The molecule has 1 aliphatic rings. The van der Waals surface area contributed by atoms with Crippen LogP contribution in [0, 0.1) is 0 Å². The van der Waals surface area contributed by atoms with Crippen LogP contribution in [0.4, 0.5) is 0 Å². The van der Waals surface area contributed by atoms with E-state index in [1.807, 2.05) is 0 Å². The Morgan fingerprint density at radius 2 is 0.914 bits per heavy atom. The molecule has 0 aliphatic heterocycles. The molecule has 0 fully saturated rings. The average Bonchev–Trinajstić information content (AvgIpc) is 3.72. The van der Waals surface area contributed by atoms with Crippen molar-refractivity contribution in [3.8, 4) is 51.0 Å². The van der Waals surface area contributed by atoms with E-state index in [0.717, 1.165) is 54.7 Å². The van der Waals surface area contributed by atoms with E-state index in [1.54, 1.807) is 0 Å². The first kappa shape index (κ1) is 32.8. The first-order valence-corrected chi connectivity index (χ1v) is 19.9. The number of para-hydroxylation sites is 1. The van der Waals surface area contributed by atoms with Crippen molar-refractivity contribution in [3.05, 3.63) is 193 Å². The smallest absolute Gasteiger partial charge is 0.238 e. The van der Waals surface area contributed by atoms with Gasteiger partial charge in [-0.3, -0.25) is 4.57 Å². The lowest BCUT2D eigenvalue weighted by molar-refractivity contribution is 0.660. The standard InChI is InChI=1S/C54H36N4/c1-54(2)46-23-10-9-19-44(46)49-41(20-12-24-47(49)54)42-21-11-22-43-45-31-37-17-7-8-18-38(37)32-48(45)58(50(42)43)53-56-51(39-27-25-33-13-3-5-15-35(33)29-39)55-52(57-53)40-28-26-34-14-4-6-16-36(34)30-40/h3-32H,1-2H3. The Morgan fingerprint density at radius 1 is 0.397 bits per heavy atom. The molecule has 4 heteroatoms. The third-order valence-corrected chi connectivity index (χ3v) is 12.4. The van der Waals surface area contributed by atoms with E-state index in [4.69, 9.17) is 15.0 Å². The summed E-state index contributed by atoms with van der Waals surface area (Å²) in [6.07, 6.45) is 0. The molecule has 9 aromatic carbocycles. The lowest BCUT2D eigenvalue weighted by Crippen LogP contribution is -2.14. The summed E-state index contributed by atoms with van der Waals surface area (Å²) in [7, 11) is 0. The summed E-state index contributed by atoms with van der Waals surface area (Å²) in [6, 6.07) is 65.5. The van der Waals surface area contributed by atoms with Crippen LogP contribution in [0.2, 0.25) is 0 Å². The summed E-state index contributed by atoms with van der Waals surface area (Å²) >= 11 is 0. The van der Waals surface area contributed by atoms with Gasteiger partial charge in [0.2, 0.25) is 5.95 Å². The summed E-state index contributed by atoms with van der Waals surface area (Å²) in [5.74, 6) is 1.84. The predicted octanol–water partition coefficient (Wildman–Crippen LogP) is 13.7. The van der Waals surface area contributed by atoms with Crippen LogP contribution in [0.25, 0.3) is 105 Å². The second-order valence-electron chi connectivity index (χ2n) is 16.1. The molecule has 2 heterocycles. The van der Waals surface area contributed by atoms with Crippen LogP contribution in [0.15, 0.2) is 182 Å². The molecule has 12 rings (SSSR count). The highest BCUT2D eigenvalue weighted by Crippen LogP contribution is 2.53. The van der Waals surface area contributed by atoms with Crippen molar-refractivity contribution in [2.75, 3.05) is 0 Å². The summed E-state index contributed by atoms with van der Waals surface area (Å²) in [4.78, 5) is 16.1. The van der Waals surface area contributed by atoms with Gasteiger partial charge in [-0.25, -0.2) is 4.98 Å². The number of benzene rings is 9. The maximum atomic E-state index is 5.43. The maximum Gasteiger partial charge on any atom is 0.238 e. The molecule has 0 atom stereocenters. The Bertz CT molecular complexity index is 3400. The molecule has 2 aromatic heterocycles. The molecule has 58 heavy (non-hydrogen) atoms. The molecule has 11 aromatic rings. The maximum absolute atomic E-state index is 5.43. The van der Waals surface area contributed by atoms with Crippen LogP contribution < -0.4 is 0 Å². The Labute approximate surface area is 335 Å². The summed E-state index contributed by atoms with van der Waals surface area (Å²) in [6.45, 7) is 4.69. The molecule has 0 bridgehead atoms. The van der Waals surface area contributed by atoms with E-state index in [0.29, 0.717) is 17.6 Å². The van der Waals surface area contributed by atoms with Gasteiger partial charge in [0.25, 0.3) is 0 Å². The number of aromatic nitrogens is 4. The molecule has 0 N–H and O–H groups in total. The number of hydrogen-bond donors (Lipinski definition) is 0. The fourth-order valence-corrected chi connectivity index (χ4v) is 9.54. The van der Waals surface area contributed by atoms with Crippen LogP contribution in [0.1, 0.15) is 25.0 Å². The number of fused-ring (bicyclic) bond motifs is 9. The third-order valence-electron chi connectivity index (χ3n) is 12.4. The van der Waals surface area contributed by atoms with Crippen LogP contribution in [0.5, 0.6) is 0 Å². The SMILES string of the molecule is CC1(C)c2ccccc2-c2c(-c3cccc4c5cc6ccccc6cc5n(-c5nc(-c6ccc7ccccc7c6)nc(-c6ccc7ccccc7c6)n5)c34)cccc21. The molecular formula is C54H36N4. The van der Waals surface area contributed by atoms with Crippen molar-refractivity contribution in [1.82, 2.24) is 19.5 Å². The number of hydrogen-bond acceptors (Lipinski definition) is 3. The first-order chi connectivity index (χ1) is 28.5. The van der Waals surface area contributed by atoms with Gasteiger partial charge in [0.1, 0.15) is 0 Å². The number of rotatable bonds is 4.